The third kappa shape index (κ3) is 3.41. The Kier molecular flexibility index (Phi) is 4.72. The molecule has 166 valence electrons. The van der Waals surface area contributed by atoms with Gasteiger partial charge in [0.25, 0.3) is 0 Å². The van der Waals surface area contributed by atoms with E-state index >= 15 is 0 Å². The average Bonchev–Trinajstić information content (AvgIpc) is 3.39. The first-order valence-corrected chi connectivity index (χ1v) is 10.7. The fourth-order valence-electron chi connectivity index (χ4n) is 4.57. The molecule has 0 spiro atoms. The number of fused-ring (bicyclic) bond motifs is 2. The number of benzene rings is 1. The van der Waals surface area contributed by atoms with Crippen LogP contribution in [0.2, 0.25) is 0 Å². The SMILES string of the molecule is CC(C)(C)N(C(=O)O)C1CCN(c2nc(-n3cnc4ccccc43)c3[nH]cnc3n2)CC1. The van der Waals surface area contributed by atoms with Crippen LogP contribution in [0.4, 0.5) is 10.7 Å². The number of imidazole rings is 2. The topological polar surface area (TPSA) is 116 Å². The zero-order valence-corrected chi connectivity index (χ0v) is 18.4. The summed E-state index contributed by atoms with van der Waals surface area (Å²) < 4.78 is 1.94. The molecular formula is C22H26N8O2. The number of aromatic nitrogens is 6. The zero-order chi connectivity index (χ0) is 22.5. The van der Waals surface area contributed by atoms with Gasteiger partial charge in [-0.15, -0.1) is 0 Å². The third-order valence-corrected chi connectivity index (χ3v) is 5.98. The lowest BCUT2D eigenvalue weighted by Gasteiger charge is -2.43. The van der Waals surface area contributed by atoms with Crippen LogP contribution in [0.1, 0.15) is 33.6 Å². The number of hydrogen-bond acceptors (Lipinski definition) is 6. The summed E-state index contributed by atoms with van der Waals surface area (Å²) in [6, 6.07) is 7.87. The Hall–Kier alpha value is -3.69. The van der Waals surface area contributed by atoms with Gasteiger partial charge in [-0.3, -0.25) is 4.57 Å². The molecule has 4 aromatic rings. The molecule has 1 aliphatic heterocycles. The monoisotopic (exact) mass is 434 g/mol. The van der Waals surface area contributed by atoms with Gasteiger partial charge in [0, 0.05) is 24.7 Å². The van der Waals surface area contributed by atoms with Gasteiger partial charge >= 0.3 is 6.09 Å². The molecule has 0 atom stereocenters. The number of nitrogens with one attached hydrogen (secondary N) is 1. The summed E-state index contributed by atoms with van der Waals surface area (Å²) in [6.07, 6.45) is 3.94. The lowest BCUT2D eigenvalue weighted by molar-refractivity contribution is 0.0615. The summed E-state index contributed by atoms with van der Waals surface area (Å²) in [5.41, 5.74) is 2.73. The third-order valence-electron chi connectivity index (χ3n) is 5.98. The summed E-state index contributed by atoms with van der Waals surface area (Å²) in [5.74, 6) is 1.29. The van der Waals surface area contributed by atoms with E-state index in [2.05, 4.69) is 24.8 Å². The minimum atomic E-state index is -0.876. The molecule has 1 fully saturated rings. The average molecular weight is 435 g/mol. The number of rotatable bonds is 3. The molecule has 5 rings (SSSR count). The predicted octanol–water partition coefficient (Wildman–Crippen LogP) is 3.44. The molecule has 0 saturated carbocycles. The second-order valence-electron chi connectivity index (χ2n) is 9.09. The van der Waals surface area contributed by atoms with E-state index in [-0.39, 0.29) is 6.04 Å². The minimum Gasteiger partial charge on any atom is -0.465 e. The number of piperidine rings is 1. The second-order valence-corrected chi connectivity index (χ2v) is 9.09. The number of aromatic amines is 1. The Morgan fingerprint density at radius 1 is 1.16 bits per heavy atom. The normalized spacial score (nSPS) is 15.5. The van der Waals surface area contributed by atoms with Gasteiger partial charge in [-0.25, -0.2) is 14.8 Å². The molecule has 2 N–H and O–H groups in total. The highest BCUT2D eigenvalue weighted by atomic mass is 16.4. The molecule has 0 bridgehead atoms. The Balaban J connectivity index is 1.47. The van der Waals surface area contributed by atoms with Crippen LogP contribution < -0.4 is 4.90 Å². The quantitative estimate of drug-likeness (QED) is 0.507. The van der Waals surface area contributed by atoms with Crippen LogP contribution in [-0.2, 0) is 0 Å². The fraction of sp³-hybridized carbons (Fsp3) is 0.409. The molecule has 1 aromatic carbocycles. The number of nitrogens with zero attached hydrogens (tertiary/aromatic N) is 7. The van der Waals surface area contributed by atoms with Crippen LogP contribution in [0.3, 0.4) is 0 Å². The van der Waals surface area contributed by atoms with Gasteiger partial charge in [0.05, 0.1) is 17.4 Å². The van der Waals surface area contributed by atoms with Gasteiger partial charge in [0.2, 0.25) is 5.95 Å². The van der Waals surface area contributed by atoms with Crippen LogP contribution in [0.25, 0.3) is 28.0 Å². The van der Waals surface area contributed by atoms with E-state index in [0.29, 0.717) is 30.5 Å². The van der Waals surface area contributed by atoms with Crippen LogP contribution in [0.5, 0.6) is 0 Å². The van der Waals surface area contributed by atoms with Crippen molar-refractivity contribution >= 4 is 34.2 Å². The van der Waals surface area contributed by atoms with E-state index < -0.39 is 11.6 Å². The van der Waals surface area contributed by atoms with Crippen molar-refractivity contribution in [2.24, 2.45) is 0 Å². The van der Waals surface area contributed by atoms with E-state index in [4.69, 9.17) is 4.98 Å². The number of carbonyl (C=O) groups is 1. The maximum Gasteiger partial charge on any atom is 0.407 e. The molecule has 1 aliphatic rings. The Morgan fingerprint density at radius 3 is 2.62 bits per heavy atom. The van der Waals surface area contributed by atoms with Crippen molar-refractivity contribution in [1.29, 1.82) is 0 Å². The lowest BCUT2D eigenvalue weighted by atomic mass is 9.97. The molecule has 32 heavy (non-hydrogen) atoms. The summed E-state index contributed by atoms with van der Waals surface area (Å²) in [4.78, 5) is 37.1. The molecule has 0 aliphatic carbocycles. The van der Waals surface area contributed by atoms with Crippen molar-refractivity contribution in [3.05, 3.63) is 36.9 Å². The van der Waals surface area contributed by atoms with Crippen LogP contribution in [0.15, 0.2) is 36.9 Å². The highest BCUT2D eigenvalue weighted by molar-refractivity contribution is 5.84. The van der Waals surface area contributed by atoms with Crippen molar-refractivity contribution in [2.75, 3.05) is 18.0 Å². The molecular weight excluding hydrogens is 408 g/mol. The van der Waals surface area contributed by atoms with Gasteiger partial charge in [-0.05, 0) is 45.7 Å². The second kappa shape index (κ2) is 7.47. The lowest BCUT2D eigenvalue weighted by Crippen LogP contribution is -2.54. The van der Waals surface area contributed by atoms with E-state index in [0.717, 1.165) is 29.4 Å². The molecule has 4 heterocycles. The van der Waals surface area contributed by atoms with E-state index in [1.165, 1.54) is 0 Å². The summed E-state index contributed by atoms with van der Waals surface area (Å²) in [7, 11) is 0. The Morgan fingerprint density at radius 2 is 1.91 bits per heavy atom. The predicted molar refractivity (Wildman–Crippen MR) is 121 cm³/mol. The molecule has 0 radical (unpaired) electrons. The number of para-hydroxylation sites is 2. The summed E-state index contributed by atoms with van der Waals surface area (Å²) in [5, 5.41) is 9.73. The molecule has 0 unspecified atom stereocenters. The smallest absolute Gasteiger partial charge is 0.407 e. The maximum atomic E-state index is 11.9. The first kappa shape index (κ1) is 20.2. The summed E-state index contributed by atoms with van der Waals surface area (Å²) >= 11 is 0. The molecule has 10 heteroatoms. The van der Waals surface area contributed by atoms with E-state index in [1.54, 1.807) is 17.6 Å². The maximum absolute atomic E-state index is 11.9. The zero-order valence-electron chi connectivity index (χ0n) is 18.4. The van der Waals surface area contributed by atoms with Crippen molar-refractivity contribution in [1.82, 2.24) is 34.4 Å². The number of carboxylic acid groups (broad SMARTS) is 1. The van der Waals surface area contributed by atoms with Gasteiger partial charge in [-0.1, -0.05) is 12.1 Å². The largest absolute Gasteiger partial charge is 0.465 e. The summed E-state index contributed by atoms with van der Waals surface area (Å²) in [6.45, 7) is 7.15. The molecule has 3 aromatic heterocycles. The Bertz CT molecular complexity index is 1280. The van der Waals surface area contributed by atoms with Crippen LogP contribution in [-0.4, -0.2) is 70.3 Å². The first-order valence-electron chi connectivity index (χ1n) is 10.7. The molecule has 1 saturated heterocycles. The van der Waals surface area contributed by atoms with Crippen molar-refractivity contribution < 1.29 is 9.90 Å². The van der Waals surface area contributed by atoms with Gasteiger partial charge < -0.3 is 19.9 Å². The number of anilines is 1. The van der Waals surface area contributed by atoms with Crippen molar-refractivity contribution in [2.45, 2.75) is 45.2 Å². The van der Waals surface area contributed by atoms with Crippen molar-refractivity contribution in [3.8, 4) is 5.82 Å². The van der Waals surface area contributed by atoms with Crippen LogP contribution >= 0.6 is 0 Å². The van der Waals surface area contributed by atoms with E-state index in [9.17, 15) is 9.90 Å². The highest BCUT2D eigenvalue weighted by Crippen LogP contribution is 2.28. The number of amides is 1. The van der Waals surface area contributed by atoms with Crippen LogP contribution in [0, 0.1) is 0 Å². The highest BCUT2D eigenvalue weighted by Gasteiger charge is 2.35. The Labute approximate surface area is 184 Å². The minimum absolute atomic E-state index is 0.0325. The standard InChI is InChI=1S/C22H26N8O2/c1-22(2,3)30(21(31)32)14-8-10-28(11-9-14)20-26-18-17(23-12-24-18)19(27-20)29-13-25-15-6-4-5-7-16(15)29/h4-7,12-14H,8-11H2,1-3H3,(H,31,32)(H,23,24,26,27). The first-order chi connectivity index (χ1) is 15.3. The fourth-order valence-corrected chi connectivity index (χ4v) is 4.57. The molecule has 1 amide bonds. The van der Waals surface area contributed by atoms with Crippen molar-refractivity contribution in [3.63, 3.8) is 0 Å². The van der Waals surface area contributed by atoms with Gasteiger partial charge in [0.1, 0.15) is 11.8 Å². The van der Waals surface area contributed by atoms with E-state index in [1.807, 2.05) is 49.6 Å². The van der Waals surface area contributed by atoms with Gasteiger partial charge in [-0.2, -0.15) is 9.97 Å². The number of hydrogen-bond donors (Lipinski definition) is 2. The van der Waals surface area contributed by atoms with Gasteiger partial charge in [0.15, 0.2) is 11.5 Å². The number of H-pyrrole nitrogens is 1. The molecule has 10 nitrogen and oxygen atoms in total.